The molecule has 16 heavy (non-hydrogen) atoms. The van der Waals surface area contributed by atoms with E-state index >= 15 is 0 Å². The summed E-state index contributed by atoms with van der Waals surface area (Å²) >= 11 is 0. The zero-order valence-corrected chi connectivity index (χ0v) is 9.74. The molecule has 1 aromatic rings. The van der Waals surface area contributed by atoms with Gasteiger partial charge in [-0.05, 0) is 26.0 Å². The van der Waals surface area contributed by atoms with Crippen molar-refractivity contribution >= 4 is 5.69 Å². The zero-order valence-electron chi connectivity index (χ0n) is 9.74. The van der Waals surface area contributed by atoms with Gasteiger partial charge < -0.3 is 15.2 Å². The van der Waals surface area contributed by atoms with Gasteiger partial charge in [-0.15, -0.1) is 0 Å². The smallest absolute Gasteiger partial charge is 0.143 e. The fraction of sp³-hybridized carbons (Fsp3) is 0.417. The summed E-state index contributed by atoms with van der Waals surface area (Å²) in [6.07, 6.45) is 0. The number of nitriles is 1. The molecule has 0 amide bonds. The molecule has 0 atom stereocenters. The van der Waals surface area contributed by atoms with Crippen LogP contribution in [0.5, 0.6) is 5.75 Å². The molecule has 0 aliphatic rings. The summed E-state index contributed by atoms with van der Waals surface area (Å²) in [5, 5.41) is 21.4. The number of hydrogen-bond acceptors (Lipinski definition) is 4. The lowest BCUT2D eigenvalue weighted by molar-refractivity contribution is 0.0945. The Morgan fingerprint density at radius 3 is 2.69 bits per heavy atom. The Kier molecular flexibility index (Phi) is 3.75. The number of nitrogens with one attached hydrogen (secondary N) is 1. The number of rotatable bonds is 4. The minimum atomic E-state index is -0.793. The molecular weight excluding hydrogens is 204 g/mol. The largest absolute Gasteiger partial charge is 0.495 e. The van der Waals surface area contributed by atoms with E-state index in [4.69, 9.17) is 10.00 Å². The van der Waals surface area contributed by atoms with E-state index in [2.05, 4.69) is 5.32 Å². The van der Waals surface area contributed by atoms with Crippen LogP contribution in [-0.4, -0.2) is 24.4 Å². The maximum atomic E-state index is 9.59. The molecule has 0 saturated carbocycles. The molecule has 0 spiro atoms. The number of ether oxygens (including phenoxy) is 1. The van der Waals surface area contributed by atoms with Crippen LogP contribution < -0.4 is 10.1 Å². The second-order valence-electron chi connectivity index (χ2n) is 4.19. The monoisotopic (exact) mass is 220 g/mol. The predicted molar refractivity (Wildman–Crippen MR) is 62.5 cm³/mol. The van der Waals surface area contributed by atoms with Crippen LogP contribution in [0.2, 0.25) is 0 Å². The van der Waals surface area contributed by atoms with E-state index in [1.165, 1.54) is 0 Å². The number of hydrogen-bond donors (Lipinski definition) is 2. The average Bonchev–Trinajstić information content (AvgIpc) is 2.25. The standard InChI is InChI=1S/C12H16N2O2/c1-12(2,15)8-14-10-5-4-9(7-13)6-11(10)16-3/h4-6,14-15H,8H2,1-3H3. The minimum Gasteiger partial charge on any atom is -0.495 e. The lowest BCUT2D eigenvalue weighted by Crippen LogP contribution is -2.29. The fourth-order valence-corrected chi connectivity index (χ4v) is 1.22. The summed E-state index contributed by atoms with van der Waals surface area (Å²) in [5.41, 5.74) is 0.521. The maximum Gasteiger partial charge on any atom is 0.143 e. The fourth-order valence-electron chi connectivity index (χ4n) is 1.22. The third-order valence-corrected chi connectivity index (χ3v) is 2.04. The number of anilines is 1. The van der Waals surface area contributed by atoms with Crippen molar-refractivity contribution in [3.8, 4) is 11.8 Å². The first kappa shape index (κ1) is 12.3. The van der Waals surface area contributed by atoms with Gasteiger partial charge in [0.25, 0.3) is 0 Å². The lowest BCUT2D eigenvalue weighted by Gasteiger charge is -2.19. The topological polar surface area (TPSA) is 65.3 Å². The van der Waals surface area contributed by atoms with Crippen molar-refractivity contribution in [1.82, 2.24) is 0 Å². The van der Waals surface area contributed by atoms with Gasteiger partial charge >= 0.3 is 0 Å². The SMILES string of the molecule is COc1cc(C#N)ccc1NCC(C)(C)O. The highest BCUT2D eigenvalue weighted by molar-refractivity contribution is 5.59. The number of methoxy groups -OCH3 is 1. The second-order valence-corrected chi connectivity index (χ2v) is 4.19. The van der Waals surface area contributed by atoms with Gasteiger partial charge in [0.15, 0.2) is 0 Å². The van der Waals surface area contributed by atoms with Gasteiger partial charge in [-0.3, -0.25) is 0 Å². The van der Waals surface area contributed by atoms with Crippen LogP contribution in [0.3, 0.4) is 0 Å². The van der Waals surface area contributed by atoms with Crippen molar-refractivity contribution in [3.63, 3.8) is 0 Å². The quantitative estimate of drug-likeness (QED) is 0.811. The van der Waals surface area contributed by atoms with Gasteiger partial charge in [0, 0.05) is 12.6 Å². The number of benzene rings is 1. The van der Waals surface area contributed by atoms with Crippen molar-refractivity contribution in [2.45, 2.75) is 19.4 Å². The minimum absolute atomic E-state index is 0.412. The van der Waals surface area contributed by atoms with Crippen molar-refractivity contribution < 1.29 is 9.84 Å². The van der Waals surface area contributed by atoms with E-state index in [1.807, 2.05) is 6.07 Å². The molecule has 86 valence electrons. The predicted octanol–water partition coefficient (Wildman–Crippen LogP) is 1.75. The van der Waals surface area contributed by atoms with Gasteiger partial charge in [-0.25, -0.2) is 0 Å². The molecule has 0 heterocycles. The molecule has 2 N–H and O–H groups in total. The molecule has 1 rings (SSSR count). The number of aliphatic hydroxyl groups is 1. The molecule has 0 aliphatic carbocycles. The first-order valence-electron chi connectivity index (χ1n) is 5.00. The Morgan fingerprint density at radius 2 is 2.19 bits per heavy atom. The van der Waals surface area contributed by atoms with Crippen LogP contribution in [0.1, 0.15) is 19.4 Å². The lowest BCUT2D eigenvalue weighted by atomic mass is 10.1. The summed E-state index contributed by atoms with van der Waals surface area (Å²) in [7, 11) is 1.55. The third-order valence-electron chi connectivity index (χ3n) is 2.04. The van der Waals surface area contributed by atoms with Gasteiger partial charge in [-0.1, -0.05) is 0 Å². The maximum absolute atomic E-state index is 9.59. The molecule has 4 nitrogen and oxygen atoms in total. The summed E-state index contributed by atoms with van der Waals surface area (Å²) in [5.74, 6) is 0.600. The zero-order chi connectivity index (χ0) is 12.2. The van der Waals surface area contributed by atoms with E-state index < -0.39 is 5.60 Å². The van der Waals surface area contributed by atoms with E-state index in [-0.39, 0.29) is 0 Å². The van der Waals surface area contributed by atoms with Gasteiger partial charge in [0.05, 0.1) is 30.0 Å². The van der Waals surface area contributed by atoms with Crippen molar-refractivity contribution in [2.75, 3.05) is 19.0 Å². The Morgan fingerprint density at radius 1 is 1.50 bits per heavy atom. The normalized spacial score (nSPS) is 10.7. The van der Waals surface area contributed by atoms with Gasteiger partial charge in [0.2, 0.25) is 0 Å². The van der Waals surface area contributed by atoms with E-state index in [0.717, 1.165) is 5.69 Å². The Labute approximate surface area is 95.5 Å². The van der Waals surface area contributed by atoms with Crippen molar-refractivity contribution in [2.24, 2.45) is 0 Å². The summed E-state index contributed by atoms with van der Waals surface area (Å²) < 4.78 is 5.16. The van der Waals surface area contributed by atoms with Crippen LogP contribution >= 0.6 is 0 Å². The van der Waals surface area contributed by atoms with Crippen LogP contribution in [0.25, 0.3) is 0 Å². The second kappa shape index (κ2) is 4.86. The summed E-state index contributed by atoms with van der Waals surface area (Å²) in [4.78, 5) is 0. The highest BCUT2D eigenvalue weighted by atomic mass is 16.5. The molecule has 4 heteroatoms. The number of nitrogens with zero attached hydrogens (tertiary/aromatic N) is 1. The molecule has 0 unspecified atom stereocenters. The van der Waals surface area contributed by atoms with Crippen molar-refractivity contribution in [1.29, 1.82) is 5.26 Å². The van der Waals surface area contributed by atoms with Crippen LogP contribution in [-0.2, 0) is 0 Å². The third kappa shape index (κ3) is 3.44. The van der Waals surface area contributed by atoms with Gasteiger partial charge in [0.1, 0.15) is 5.75 Å². The summed E-state index contributed by atoms with van der Waals surface area (Å²) in [6.45, 7) is 3.85. The van der Waals surface area contributed by atoms with E-state index in [9.17, 15) is 5.11 Å². The Balaban J connectivity index is 2.85. The molecule has 0 bridgehead atoms. The molecule has 1 aromatic carbocycles. The molecule has 0 aliphatic heterocycles. The van der Waals surface area contributed by atoms with E-state index in [1.54, 1.807) is 39.2 Å². The van der Waals surface area contributed by atoms with E-state index in [0.29, 0.717) is 17.9 Å². The highest BCUT2D eigenvalue weighted by Gasteiger charge is 2.13. The molecule has 0 fully saturated rings. The van der Waals surface area contributed by atoms with Crippen LogP contribution in [0.15, 0.2) is 18.2 Å². The van der Waals surface area contributed by atoms with Gasteiger partial charge in [-0.2, -0.15) is 5.26 Å². The Bertz CT molecular complexity index is 402. The molecule has 0 radical (unpaired) electrons. The average molecular weight is 220 g/mol. The highest BCUT2D eigenvalue weighted by Crippen LogP contribution is 2.25. The van der Waals surface area contributed by atoms with Crippen LogP contribution in [0, 0.1) is 11.3 Å². The molecule has 0 aromatic heterocycles. The molecule has 0 saturated heterocycles. The Hall–Kier alpha value is -1.73. The van der Waals surface area contributed by atoms with Crippen LogP contribution in [0.4, 0.5) is 5.69 Å². The molecular formula is C12H16N2O2. The van der Waals surface area contributed by atoms with Crippen molar-refractivity contribution in [3.05, 3.63) is 23.8 Å². The first-order valence-corrected chi connectivity index (χ1v) is 5.00. The summed E-state index contributed by atoms with van der Waals surface area (Å²) in [6, 6.07) is 7.17. The first-order chi connectivity index (χ1) is 7.46.